The van der Waals surface area contributed by atoms with Gasteiger partial charge in [-0.2, -0.15) is 0 Å². The first-order valence-corrected chi connectivity index (χ1v) is 5.85. The Morgan fingerprint density at radius 2 is 2.41 bits per heavy atom. The average Bonchev–Trinajstić information content (AvgIpc) is 2.80. The summed E-state index contributed by atoms with van der Waals surface area (Å²) in [4.78, 5) is 10.2. The molecule has 1 aliphatic rings. The molecule has 1 heterocycles. The Hall–Kier alpha value is -1.33. The minimum Gasteiger partial charge on any atom is -0.490 e. The summed E-state index contributed by atoms with van der Waals surface area (Å²) >= 11 is 5.92. The van der Waals surface area contributed by atoms with Crippen LogP contribution >= 0.6 is 11.6 Å². The Bertz CT molecular complexity index is 419. The molecule has 2 rings (SSSR count). The molecule has 92 valence electrons. The van der Waals surface area contributed by atoms with Crippen molar-refractivity contribution in [3.63, 3.8) is 0 Å². The molecule has 0 bridgehead atoms. The van der Waals surface area contributed by atoms with Gasteiger partial charge in [-0.05, 0) is 25.5 Å². The van der Waals surface area contributed by atoms with E-state index in [0.29, 0.717) is 23.4 Å². The lowest BCUT2D eigenvalue weighted by Gasteiger charge is -2.12. The largest absolute Gasteiger partial charge is 0.490 e. The first-order chi connectivity index (χ1) is 8.16. The van der Waals surface area contributed by atoms with Gasteiger partial charge >= 0.3 is 0 Å². The number of halogens is 1. The summed E-state index contributed by atoms with van der Waals surface area (Å²) in [6.07, 6.45) is 2.20. The molecule has 1 aromatic rings. The molecule has 1 atom stereocenters. The van der Waals surface area contributed by atoms with Crippen molar-refractivity contribution in [2.45, 2.75) is 18.9 Å². The molecule has 17 heavy (non-hydrogen) atoms. The van der Waals surface area contributed by atoms with E-state index in [1.807, 2.05) is 0 Å². The van der Waals surface area contributed by atoms with Gasteiger partial charge in [-0.3, -0.25) is 10.1 Å². The molecule has 6 heteroatoms. The highest BCUT2D eigenvalue weighted by molar-refractivity contribution is 6.32. The molecule has 0 aromatic heterocycles. The maximum Gasteiger partial charge on any atom is 0.273 e. The van der Waals surface area contributed by atoms with Crippen LogP contribution in [0, 0.1) is 10.1 Å². The molecular weight excluding hydrogens is 244 g/mol. The van der Waals surface area contributed by atoms with Crippen LogP contribution in [0.3, 0.4) is 0 Å². The second-order valence-corrected chi connectivity index (χ2v) is 4.38. The van der Waals surface area contributed by atoms with Crippen LogP contribution in [-0.2, 0) is 0 Å². The van der Waals surface area contributed by atoms with Crippen LogP contribution < -0.4 is 10.1 Å². The van der Waals surface area contributed by atoms with Gasteiger partial charge in [0.25, 0.3) is 5.69 Å². The summed E-state index contributed by atoms with van der Waals surface area (Å²) in [5, 5.41) is 14.3. The Balaban J connectivity index is 2.03. The van der Waals surface area contributed by atoms with Crippen LogP contribution in [0.25, 0.3) is 0 Å². The highest BCUT2D eigenvalue weighted by Gasteiger charge is 2.16. The van der Waals surface area contributed by atoms with E-state index in [2.05, 4.69) is 5.32 Å². The molecule has 0 radical (unpaired) electrons. The molecule has 1 N–H and O–H groups in total. The number of hydrogen-bond donors (Lipinski definition) is 1. The zero-order chi connectivity index (χ0) is 12.3. The molecule has 1 saturated heterocycles. The molecular formula is C11H13ClN2O3. The van der Waals surface area contributed by atoms with Crippen LogP contribution in [0.1, 0.15) is 12.8 Å². The zero-order valence-corrected chi connectivity index (χ0v) is 9.94. The molecule has 1 aliphatic heterocycles. The summed E-state index contributed by atoms with van der Waals surface area (Å²) < 4.78 is 5.51. The molecule has 0 spiro atoms. The van der Waals surface area contributed by atoms with Crippen molar-refractivity contribution < 1.29 is 9.66 Å². The maximum atomic E-state index is 10.6. The second kappa shape index (κ2) is 5.33. The number of hydrogen-bond acceptors (Lipinski definition) is 4. The van der Waals surface area contributed by atoms with E-state index < -0.39 is 4.92 Å². The summed E-state index contributed by atoms with van der Waals surface area (Å²) in [7, 11) is 0. The summed E-state index contributed by atoms with van der Waals surface area (Å²) in [5.74, 6) is 0.370. The van der Waals surface area contributed by atoms with Crippen LogP contribution in [0.2, 0.25) is 5.02 Å². The predicted octanol–water partition coefficient (Wildman–Crippen LogP) is 2.38. The van der Waals surface area contributed by atoms with Gasteiger partial charge in [0.1, 0.15) is 12.4 Å². The topological polar surface area (TPSA) is 64.4 Å². The number of nitro benzene ring substituents is 1. The maximum absolute atomic E-state index is 10.6. The van der Waals surface area contributed by atoms with E-state index in [9.17, 15) is 10.1 Å². The van der Waals surface area contributed by atoms with Crippen molar-refractivity contribution >= 4 is 17.3 Å². The first-order valence-electron chi connectivity index (χ1n) is 5.47. The standard InChI is InChI=1S/C11H13ClN2O3/c12-10-4-3-9(14(15)16)6-11(10)17-7-8-2-1-5-13-8/h3-4,6,8,13H,1-2,5,7H2/t8-/m1/s1. The fourth-order valence-corrected chi connectivity index (χ4v) is 1.98. The monoisotopic (exact) mass is 256 g/mol. The van der Waals surface area contributed by atoms with Crippen LogP contribution in [-0.4, -0.2) is 24.1 Å². The SMILES string of the molecule is O=[N+]([O-])c1ccc(Cl)c(OC[C@H]2CCCN2)c1. The highest BCUT2D eigenvalue weighted by Crippen LogP contribution is 2.29. The Morgan fingerprint density at radius 3 is 3.06 bits per heavy atom. The smallest absolute Gasteiger partial charge is 0.273 e. The van der Waals surface area contributed by atoms with Crippen molar-refractivity contribution in [2.24, 2.45) is 0 Å². The van der Waals surface area contributed by atoms with Gasteiger partial charge in [0.2, 0.25) is 0 Å². The summed E-state index contributed by atoms with van der Waals surface area (Å²) in [6.45, 7) is 1.48. The van der Waals surface area contributed by atoms with Crippen LogP contribution in [0.4, 0.5) is 5.69 Å². The molecule has 0 aliphatic carbocycles. The number of ether oxygens (including phenoxy) is 1. The fraction of sp³-hybridized carbons (Fsp3) is 0.455. The van der Waals surface area contributed by atoms with Gasteiger partial charge in [0, 0.05) is 12.1 Å². The number of non-ortho nitro benzene ring substituents is 1. The van der Waals surface area contributed by atoms with Gasteiger partial charge in [0.05, 0.1) is 16.0 Å². The molecule has 1 fully saturated rings. The lowest BCUT2D eigenvalue weighted by molar-refractivity contribution is -0.384. The van der Waals surface area contributed by atoms with Crippen molar-refractivity contribution in [1.29, 1.82) is 0 Å². The highest BCUT2D eigenvalue weighted by atomic mass is 35.5. The van der Waals surface area contributed by atoms with Crippen molar-refractivity contribution in [2.75, 3.05) is 13.2 Å². The average molecular weight is 257 g/mol. The van der Waals surface area contributed by atoms with Gasteiger partial charge in [-0.15, -0.1) is 0 Å². The Morgan fingerprint density at radius 1 is 1.59 bits per heavy atom. The number of nitrogens with zero attached hydrogens (tertiary/aromatic N) is 1. The third kappa shape index (κ3) is 3.08. The van der Waals surface area contributed by atoms with Crippen LogP contribution in [0.5, 0.6) is 5.75 Å². The summed E-state index contributed by atoms with van der Waals surface area (Å²) in [6, 6.07) is 4.52. The number of rotatable bonds is 4. The molecule has 0 saturated carbocycles. The molecule has 0 unspecified atom stereocenters. The minimum absolute atomic E-state index is 0.0104. The lowest BCUT2D eigenvalue weighted by atomic mass is 10.2. The van der Waals surface area contributed by atoms with E-state index in [1.54, 1.807) is 0 Å². The van der Waals surface area contributed by atoms with Crippen molar-refractivity contribution in [3.05, 3.63) is 33.3 Å². The fourth-order valence-electron chi connectivity index (χ4n) is 1.81. The van der Waals surface area contributed by atoms with Gasteiger partial charge in [-0.1, -0.05) is 11.6 Å². The Kier molecular flexibility index (Phi) is 3.81. The third-order valence-electron chi connectivity index (χ3n) is 2.73. The third-order valence-corrected chi connectivity index (χ3v) is 3.04. The zero-order valence-electron chi connectivity index (χ0n) is 9.19. The predicted molar refractivity (Wildman–Crippen MR) is 64.6 cm³/mol. The Labute approximate surface area is 104 Å². The minimum atomic E-state index is -0.461. The van der Waals surface area contributed by atoms with Crippen molar-refractivity contribution in [3.8, 4) is 5.75 Å². The van der Waals surface area contributed by atoms with Gasteiger partial charge < -0.3 is 10.1 Å². The molecule has 1 aromatic carbocycles. The van der Waals surface area contributed by atoms with E-state index in [-0.39, 0.29) is 5.69 Å². The molecule has 5 nitrogen and oxygen atoms in total. The quantitative estimate of drug-likeness (QED) is 0.664. The normalized spacial score (nSPS) is 19.2. The number of nitrogens with one attached hydrogen (secondary N) is 1. The lowest BCUT2D eigenvalue weighted by Crippen LogP contribution is -2.28. The number of nitro groups is 1. The number of benzene rings is 1. The second-order valence-electron chi connectivity index (χ2n) is 3.98. The first kappa shape index (κ1) is 12.1. The van der Waals surface area contributed by atoms with Gasteiger partial charge in [-0.25, -0.2) is 0 Å². The van der Waals surface area contributed by atoms with E-state index in [0.717, 1.165) is 19.4 Å². The molecule has 0 amide bonds. The van der Waals surface area contributed by atoms with E-state index >= 15 is 0 Å². The van der Waals surface area contributed by atoms with Crippen molar-refractivity contribution in [1.82, 2.24) is 5.32 Å². The summed E-state index contributed by atoms with van der Waals surface area (Å²) in [5.41, 5.74) is -0.0104. The van der Waals surface area contributed by atoms with Gasteiger partial charge in [0.15, 0.2) is 0 Å². The van der Waals surface area contributed by atoms with Crippen LogP contribution in [0.15, 0.2) is 18.2 Å². The van der Waals surface area contributed by atoms with E-state index in [1.165, 1.54) is 18.2 Å². The van der Waals surface area contributed by atoms with E-state index in [4.69, 9.17) is 16.3 Å².